The predicted molar refractivity (Wildman–Crippen MR) is 59.4 cm³/mol. The molecule has 4 N–H and O–H groups in total. The van der Waals surface area contributed by atoms with Crippen molar-refractivity contribution in [2.45, 2.75) is 0 Å². The molecule has 0 saturated heterocycles. The average molecular weight is 203 g/mol. The van der Waals surface area contributed by atoms with Gasteiger partial charge in [-0.25, -0.2) is 9.38 Å². The fourth-order valence-corrected chi connectivity index (χ4v) is 1.48. The van der Waals surface area contributed by atoms with Crippen molar-refractivity contribution < 1.29 is 4.39 Å². The van der Waals surface area contributed by atoms with Crippen LogP contribution in [0.5, 0.6) is 0 Å². The van der Waals surface area contributed by atoms with Crippen molar-refractivity contribution in [2.75, 3.05) is 0 Å². The van der Waals surface area contributed by atoms with Crippen LogP contribution < -0.4 is 11.5 Å². The summed E-state index contributed by atoms with van der Waals surface area (Å²) in [5.41, 5.74) is 11.2. The van der Waals surface area contributed by atoms with Gasteiger partial charge in [0.15, 0.2) is 5.96 Å². The Morgan fingerprint density at radius 3 is 2.33 bits per heavy atom. The number of fused-ring (bicyclic) bond motifs is 1. The highest BCUT2D eigenvalue weighted by molar-refractivity contribution is 5.95. The van der Waals surface area contributed by atoms with Gasteiger partial charge in [0.25, 0.3) is 0 Å². The molecule has 2 rings (SSSR count). The molecule has 0 spiro atoms. The first kappa shape index (κ1) is 9.45. The standard InChI is InChI=1S/C11H10FN3/c12-9-5-6-10(15-11(13)14)8-4-2-1-3-7(8)9/h1-6H,(H4,13,14,15). The summed E-state index contributed by atoms with van der Waals surface area (Å²) in [5, 5.41) is 1.21. The number of nitrogens with zero attached hydrogens (tertiary/aromatic N) is 1. The number of aliphatic imine (C=N–C) groups is 1. The first-order valence-corrected chi connectivity index (χ1v) is 4.45. The highest BCUT2D eigenvalue weighted by Gasteiger charge is 2.03. The minimum atomic E-state index is -0.278. The average Bonchev–Trinajstić information content (AvgIpc) is 2.22. The molecule has 0 atom stereocenters. The van der Waals surface area contributed by atoms with Crippen molar-refractivity contribution in [3.63, 3.8) is 0 Å². The zero-order valence-corrected chi connectivity index (χ0v) is 7.94. The fourth-order valence-electron chi connectivity index (χ4n) is 1.48. The highest BCUT2D eigenvalue weighted by atomic mass is 19.1. The van der Waals surface area contributed by atoms with Gasteiger partial charge < -0.3 is 11.5 Å². The maximum atomic E-state index is 13.4. The Hall–Kier alpha value is -2.10. The van der Waals surface area contributed by atoms with E-state index in [1.807, 2.05) is 6.07 Å². The lowest BCUT2D eigenvalue weighted by molar-refractivity contribution is 0.640. The first-order chi connectivity index (χ1) is 7.18. The van der Waals surface area contributed by atoms with Crippen molar-refractivity contribution in [3.8, 4) is 0 Å². The van der Waals surface area contributed by atoms with Crippen molar-refractivity contribution in [1.29, 1.82) is 0 Å². The van der Waals surface area contributed by atoms with Crippen LogP contribution in [0.15, 0.2) is 41.4 Å². The van der Waals surface area contributed by atoms with Crippen molar-refractivity contribution in [1.82, 2.24) is 0 Å². The molecule has 0 radical (unpaired) electrons. The minimum absolute atomic E-state index is 0.0354. The summed E-state index contributed by atoms with van der Waals surface area (Å²) in [6.07, 6.45) is 0. The van der Waals surface area contributed by atoms with Crippen LogP contribution in [0.1, 0.15) is 0 Å². The van der Waals surface area contributed by atoms with E-state index in [0.29, 0.717) is 16.5 Å². The molecular formula is C11H10FN3. The second-order valence-electron chi connectivity index (χ2n) is 3.15. The zero-order chi connectivity index (χ0) is 10.8. The van der Waals surface area contributed by atoms with Gasteiger partial charge in [-0.05, 0) is 12.1 Å². The summed E-state index contributed by atoms with van der Waals surface area (Å²) in [4.78, 5) is 3.93. The zero-order valence-electron chi connectivity index (χ0n) is 7.94. The maximum Gasteiger partial charge on any atom is 0.191 e. The number of hydrogen-bond donors (Lipinski definition) is 2. The van der Waals surface area contributed by atoms with Gasteiger partial charge >= 0.3 is 0 Å². The Bertz CT molecular complexity index is 530. The SMILES string of the molecule is NC(N)=Nc1ccc(F)c2ccccc12. The molecule has 0 aromatic heterocycles. The van der Waals surface area contributed by atoms with Crippen LogP contribution in [0, 0.1) is 5.82 Å². The van der Waals surface area contributed by atoms with E-state index in [-0.39, 0.29) is 11.8 Å². The van der Waals surface area contributed by atoms with E-state index in [0.717, 1.165) is 0 Å². The smallest absolute Gasteiger partial charge is 0.191 e. The van der Waals surface area contributed by atoms with E-state index in [1.165, 1.54) is 6.07 Å². The quantitative estimate of drug-likeness (QED) is 0.549. The number of rotatable bonds is 1. The molecule has 4 heteroatoms. The van der Waals surface area contributed by atoms with E-state index in [1.54, 1.807) is 24.3 Å². The molecule has 3 nitrogen and oxygen atoms in total. The summed E-state index contributed by atoms with van der Waals surface area (Å²) in [7, 11) is 0. The molecule has 0 unspecified atom stereocenters. The van der Waals surface area contributed by atoms with Crippen LogP contribution in [0.4, 0.5) is 10.1 Å². The summed E-state index contributed by atoms with van der Waals surface area (Å²) < 4.78 is 13.4. The van der Waals surface area contributed by atoms with Crippen molar-refractivity contribution in [3.05, 3.63) is 42.2 Å². The lowest BCUT2D eigenvalue weighted by atomic mass is 10.1. The van der Waals surface area contributed by atoms with Gasteiger partial charge in [-0.3, -0.25) is 0 Å². The normalized spacial score (nSPS) is 10.2. The third-order valence-electron chi connectivity index (χ3n) is 2.10. The lowest BCUT2D eigenvalue weighted by Crippen LogP contribution is -2.21. The summed E-state index contributed by atoms with van der Waals surface area (Å²) in [6, 6.07) is 9.95. The third-order valence-corrected chi connectivity index (χ3v) is 2.10. The molecule has 0 fully saturated rings. The summed E-state index contributed by atoms with van der Waals surface area (Å²) >= 11 is 0. The molecule has 2 aromatic carbocycles. The number of nitrogens with two attached hydrogens (primary N) is 2. The van der Waals surface area contributed by atoms with E-state index in [4.69, 9.17) is 11.5 Å². The van der Waals surface area contributed by atoms with E-state index >= 15 is 0 Å². The molecule has 0 amide bonds. The van der Waals surface area contributed by atoms with Crippen LogP contribution in [0.25, 0.3) is 10.8 Å². The van der Waals surface area contributed by atoms with Gasteiger partial charge in [0.1, 0.15) is 5.82 Å². The Morgan fingerprint density at radius 2 is 1.67 bits per heavy atom. The molecule has 0 saturated carbocycles. The second kappa shape index (κ2) is 3.57. The van der Waals surface area contributed by atoms with Gasteiger partial charge in [-0.15, -0.1) is 0 Å². The number of benzene rings is 2. The van der Waals surface area contributed by atoms with Crippen LogP contribution in [-0.2, 0) is 0 Å². The Kier molecular flexibility index (Phi) is 2.25. The molecule has 0 bridgehead atoms. The minimum Gasteiger partial charge on any atom is -0.370 e. The van der Waals surface area contributed by atoms with Crippen molar-refractivity contribution in [2.24, 2.45) is 16.5 Å². The van der Waals surface area contributed by atoms with Gasteiger partial charge in [0.2, 0.25) is 0 Å². The number of halogens is 1. The van der Waals surface area contributed by atoms with Gasteiger partial charge in [0, 0.05) is 10.8 Å². The molecular weight excluding hydrogens is 193 g/mol. The summed E-state index contributed by atoms with van der Waals surface area (Å²) in [5.74, 6) is -0.313. The Balaban J connectivity index is 2.77. The maximum absolute atomic E-state index is 13.4. The highest BCUT2D eigenvalue weighted by Crippen LogP contribution is 2.27. The van der Waals surface area contributed by atoms with Crippen LogP contribution in [0.2, 0.25) is 0 Å². The largest absolute Gasteiger partial charge is 0.370 e. The molecule has 0 heterocycles. The number of hydrogen-bond acceptors (Lipinski definition) is 1. The Labute approximate surface area is 86.2 Å². The molecule has 0 aliphatic heterocycles. The summed E-state index contributed by atoms with van der Waals surface area (Å²) in [6.45, 7) is 0. The van der Waals surface area contributed by atoms with Gasteiger partial charge in [-0.1, -0.05) is 24.3 Å². The monoisotopic (exact) mass is 203 g/mol. The molecule has 76 valence electrons. The lowest BCUT2D eigenvalue weighted by Gasteiger charge is -2.03. The fraction of sp³-hybridized carbons (Fsp3) is 0. The van der Waals surface area contributed by atoms with Gasteiger partial charge in [0.05, 0.1) is 5.69 Å². The first-order valence-electron chi connectivity index (χ1n) is 4.45. The second-order valence-corrected chi connectivity index (χ2v) is 3.15. The Morgan fingerprint density at radius 1 is 1.00 bits per heavy atom. The predicted octanol–water partition coefficient (Wildman–Crippen LogP) is 1.88. The van der Waals surface area contributed by atoms with Crippen LogP contribution in [-0.4, -0.2) is 5.96 Å². The van der Waals surface area contributed by atoms with Crippen LogP contribution >= 0.6 is 0 Å². The molecule has 15 heavy (non-hydrogen) atoms. The topological polar surface area (TPSA) is 64.4 Å². The molecule has 2 aromatic rings. The van der Waals surface area contributed by atoms with Gasteiger partial charge in [-0.2, -0.15) is 0 Å². The third kappa shape index (κ3) is 1.74. The molecule has 0 aliphatic carbocycles. The van der Waals surface area contributed by atoms with E-state index in [2.05, 4.69) is 4.99 Å². The molecule has 0 aliphatic rings. The van der Waals surface area contributed by atoms with Crippen LogP contribution in [0.3, 0.4) is 0 Å². The van der Waals surface area contributed by atoms with E-state index in [9.17, 15) is 4.39 Å². The van der Waals surface area contributed by atoms with E-state index < -0.39 is 0 Å². The number of guanidine groups is 1. The van der Waals surface area contributed by atoms with Crippen molar-refractivity contribution >= 4 is 22.4 Å².